The second-order valence-electron chi connectivity index (χ2n) is 5.32. The van der Waals surface area contributed by atoms with E-state index in [0.717, 1.165) is 48.6 Å². The molecule has 1 aromatic heterocycles. The Kier molecular flexibility index (Phi) is 5.03. The van der Waals surface area contributed by atoms with Crippen LogP contribution < -0.4 is 0 Å². The maximum atomic E-state index is 12.1. The summed E-state index contributed by atoms with van der Waals surface area (Å²) in [5, 5.41) is 5.26. The first-order chi connectivity index (χ1) is 9.17. The fraction of sp³-hybridized carbons (Fsp3) is 0.733. The number of carbonyl (C=O) groups excluding carboxylic acids is 1. The number of nitrogens with zero attached hydrogens (tertiary/aromatic N) is 2. The van der Waals surface area contributed by atoms with Gasteiger partial charge in [-0.25, -0.2) is 0 Å². The molecule has 0 saturated heterocycles. The van der Waals surface area contributed by atoms with E-state index in [1.807, 2.05) is 4.68 Å². The number of carbonyl (C=O) groups is 1. The molecule has 0 bridgehead atoms. The van der Waals surface area contributed by atoms with Crippen molar-refractivity contribution in [2.45, 2.75) is 65.3 Å². The van der Waals surface area contributed by atoms with Crippen molar-refractivity contribution >= 4 is 17.4 Å². The van der Waals surface area contributed by atoms with Gasteiger partial charge in [0, 0.05) is 18.9 Å². The van der Waals surface area contributed by atoms with Crippen molar-refractivity contribution < 1.29 is 4.79 Å². The van der Waals surface area contributed by atoms with E-state index >= 15 is 0 Å². The van der Waals surface area contributed by atoms with Gasteiger partial charge in [0.15, 0.2) is 0 Å². The van der Waals surface area contributed by atoms with Crippen LogP contribution in [0.15, 0.2) is 0 Å². The summed E-state index contributed by atoms with van der Waals surface area (Å²) < 4.78 is 1.95. The van der Waals surface area contributed by atoms with Crippen LogP contribution >= 0.6 is 11.6 Å². The Balaban J connectivity index is 2.02. The molecule has 4 heteroatoms. The van der Waals surface area contributed by atoms with Crippen molar-refractivity contribution in [2.75, 3.05) is 0 Å². The molecule has 1 aromatic rings. The predicted octanol–water partition coefficient (Wildman–Crippen LogP) is 3.81. The first-order valence-electron chi connectivity index (χ1n) is 7.44. The van der Waals surface area contributed by atoms with Crippen molar-refractivity contribution in [1.29, 1.82) is 0 Å². The number of hydrogen-bond donors (Lipinski definition) is 0. The van der Waals surface area contributed by atoms with Crippen molar-refractivity contribution in [2.24, 2.45) is 5.92 Å². The lowest BCUT2D eigenvalue weighted by atomic mass is 9.98. The Labute approximate surface area is 120 Å². The zero-order valence-electron chi connectivity index (χ0n) is 11.9. The van der Waals surface area contributed by atoms with Gasteiger partial charge in [0.2, 0.25) is 0 Å². The standard InChI is InChI=1S/C15H23ClN2O/c1-3-12-15(16)13(18(4-2)17-12)9-10-14(19)11-7-5-6-8-11/h11H,3-10H2,1-2H3. The molecule has 1 aliphatic rings. The molecule has 1 fully saturated rings. The lowest BCUT2D eigenvalue weighted by molar-refractivity contribution is -0.122. The summed E-state index contributed by atoms with van der Waals surface area (Å²) in [6.45, 7) is 4.93. The van der Waals surface area contributed by atoms with E-state index in [0.29, 0.717) is 18.1 Å². The molecule has 2 rings (SSSR count). The Morgan fingerprint density at radius 3 is 2.63 bits per heavy atom. The molecule has 1 heterocycles. The van der Waals surface area contributed by atoms with Crippen LogP contribution in [0.25, 0.3) is 0 Å². The average molecular weight is 283 g/mol. The normalized spacial score (nSPS) is 16.2. The number of halogens is 1. The summed E-state index contributed by atoms with van der Waals surface area (Å²) in [5.74, 6) is 0.720. The van der Waals surface area contributed by atoms with Gasteiger partial charge in [0.25, 0.3) is 0 Å². The molecule has 0 radical (unpaired) electrons. The molecule has 19 heavy (non-hydrogen) atoms. The van der Waals surface area contributed by atoms with Crippen LogP contribution in [0.4, 0.5) is 0 Å². The third-order valence-electron chi connectivity index (χ3n) is 4.11. The summed E-state index contributed by atoms with van der Waals surface area (Å²) in [6, 6.07) is 0. The molecule has 0 spiro atoms. The topological polar surface area (TPSA) is 34.9 Å². The number of Topliss-reactive ketones (excluding diaryl/α,β-unsaturated/α-hetero) is 1. The Bertz CT molecular complexity index is 447. The molecule has 0 aliphatic heterocycles. The Morgan fingerprint density at radius 2 is 2.05 bits per heavy atom. The van der Waals surface area contributed by atoms with Crippen LogP contribution in [0.3, 0.4) is 0 Å². The maximum Gasteiger partial charge on any atom is 0.136 e. The molecule has 1 aliphatic carbocycles. The van der Waals surface area contributed by atoms with E-state index in [1.165, 1.54) is 12.8 Å². The van der Waals surface area contributed by atoms with Gasteiger partial charge < -0.3 is 0 Å². The molecule has 1 saturated carbocycles. The lowest BCUT2D eigenvalue weighted by Gasteiger charge is -2.09. The van der Waals surface area contributed by atoms with Gasteiger partial charge in [-0.2, -0.15) is 5.10 Å². The quantitative estimate of drug-likeness (QED) is 0.795. The van der Waals surface area contributed by atoms with Crippen LogP contribution in [-0.2, 0) is 24.2 Å². The van der Waals surface area contributed by atoms with Crippen LogP contribution in [0.2, 0.25) is 5.02 Å². The number of rotatable bonds is 6. The molecule has 0 aromatic carbocycles. The Hall–Kier alpha value is -0.830. The fourth-order valence-corrected chi connectivity index (χ4v) is 3.31. The van der Waals surface area contributed by atoms with Gasteiger partial charge in [-0.15, -0.1) is 0 Å². The van der Waals surface area contributed by atoms with E-state index in [4.69, 9.17) is 11.6 Å². The highest BCUT2D eigenvalue weighted by Gasteiger charge is 2.23. The van der Waals surface area contributed by atoms with Crippen molar-refractivity contribution in [3.63, 3.8) is 0 Å². The van der Waals surface area contributed by atoms with E-state index in [1.54, 1.807) is 0 Å². The van der Waals surface area contributed by atoms with E-state index < -0.39 is 0 Å². The van der Waals surface area contributed by atoms with Crippen molar-refractivity contribution in [1.82, 2.24) is 9.78 Å². The summed E-state index contributed by atoms with van der Waals surface area (Å²) >= 11 is 6.36. The van der Waals surface area contributed by atoms with Crippen LogP contribution in [-0.4, -0.2) is 15.6 Å². The van der Waals surface area contributed by atoms with Gasteiger partial charge >= 0.3 is 0 Å². The summed E-state index contributed by atoms with van der Waals surface area (Å²) in [7, 11) is 0. The monoisotopic (exact) mass is 282 g/mol. The summed E-state index contributed by atoms with van der Waals surface area (Å²) in [6.07, 6.45) is 6.78. The molecule has 0 atom stereocenters. The van der Waals surface area contributed by atoms with Gasteiger partial charge in [-0.3, -0.25) is 9.48 Å². The van der Waals surface area contributed by atoms with Crippen molar-refractivity contribution in [3.05, 3.63) is 16.4 Å². The smallest absolute Gasteiger partial charge is 0.136 e. The summed E-state index contributed by atoms with van der Waals surface area (Å²) in [4.78, 5) is 12.1. The molecular weight excluding hydrogens is 260 g/mol. The van der Waals surface area contributed by atoms with Crippen LogP contribution in [0.1, 0.15) is 57.3 Å². The first kappa shape index (κ1) is 14.6. The molecule has 0 amide bonds. The fourth-order valence-electron chi connectivity index (χ4n) is 2.95. The number of hydrogen-bond acceptors (Lipinski definition) is 2. The van der Waals surface area contributed by atoms with Crippen molar-refractivity contribution in [3.8, 4) is 0 Å². The Morgan fingerprint density at radius 1 is 1.37 bits per heavy atom. The number of aryl methyl sites for hydroxylation is 2. The molecule has 0 N–H and O–H groups in total. The number of aromatic nitrogens is 2. The zero-order chi connectivity index (χ0) is 13.8. The van der Waals surface area contributed by atoms with Crippen LogP contribution in [0, 0.1) is 5.92 Å². The average Bonchev–Trinajstić information content (AvgIpc) is 3.04. The molecule has 0 unspecified atom stereocenters. The highest BCUT2D eigenvalue weighted by molar-refractivity contribution is 6.31. The predicted molar refractivity (Wildman–Crippen MR) is 77.6 cm³/mol. The largest absolute Gasteiger partial charge is 0.299 e. The molecule has 106 valence electrons. The second kappa shape index (κ2) is 6.56. The minimum Gasteiger partial charge on any atom is -0.299 e. The van der Waals surface area contributed by atoms with Gasteiger partial charge in [0.1, 0.15) is 5.78 Å². The number of ketones is 1. The van der Waals surface area contributed by atoms with Gasteiger partial charge in [-0.1, -0.05) is 31.4 Å². The third kappa shape index (κ3) is 3.19. The first-order valence-corrected chi connectivity index (χ1v) is 7.81. The lowest BCUT2D eigenvalue weighted by Crippen LogP contribution is -2.13. The SMILES string of the molecule is CCc1nn(CC)c(CCC(=O)C2CCCC2)c1Cl. The van der Waals surface area contributed by atoms with Crippen LogP contribution in [0.5, 0.6) is 0 Å². The van der Waals surface area contributed by atoms with E-state index in [9.17, 15) is 4.79 Å². The maximum absolute atomic E-state index is 12.1. The zero-order valence-corrected chi connectivity index (χ0v) is 12.7. The summed E-state index contributed by atoms with van der Waals surface area (Å²) in [5.41, 5.74) is 1.99. The molecular formula is C15H23ClN2O. The minimum absolute atomic E-state index is 0.308. The van der Waals surface area contributed by atoms with Gasteiger partial charge in [-0.05, 0) is 32.6 Å². The second-order valence-corrected chi connectivity index (χ2v) is 5.70. The third-order valence-corrected chi connectivity index (χ3v) is 4.55. The molecule has 3 nitrogen and oxygen atoms in total. The van der Waals surface area contributed by atoms with E-state index in [2.05, 4.69) is 18.9 Å². The minimum atomic E-state index is 0.308. The highest BCUT2D eigenvalue weighted by atomic mass is 35.5. The van der Waals surface area contributed by atoms with Gasteiger partial charge in [0.05, 0.1) is 16.4 Å². The van der Waals surface area contributed by atoms with E-state index in [-0.39, 0.29) is 0 Å². The highest BCUT2D eigenvalue weighted by Crippen LogP contribution is 2.28.